The van der Waals surface area contributed by atoms with E-state index in [4.69, 9.17) is 5.11 Å². The number of nitrogens with one attached hydrogen (secondary N) is 1. The maximum atomic E-state index is 11.8. The van der Waals surface area contributed by atoms with Gasteiger partial charge in [0, 0.05) is 37.9 Å². The molecule has 0 aromatic rings. The molecule has 6 heteroatoms. The van der Waals surface area contributed by atoms with E-state index in [9.17, 15) is 14.4 Å². The third-order valence-electron chi connectivity index (χ3n) is 4.63. The minimum atomic E-state index is -0.842. The predicted octanol–water partition coefficient (Wildman–Crippen LogP) is 2.17. The van der Waals surface area contributed by atoms with Crippen molar-refractivity contribution in [3.8, 4) is 0 Å². The standard InChI is InChI=1S/C17H30N2O4/c1-12-11-16(21)19(14(12)3)10-6-4-5-7-15(20)18-13(2)8-9-17(22)23/h12-14H,4-11H2,1-3H3,(H,18,20)(H,22,23). The molecule has 1 rings (SSSR count). The minimum absolute atomic E-state index is 0.0258. The summed E-state index contributed by atoms with van der Waals surface area (Å²) in [6.07, 6.45) is 4.27. The first-order valence-corrected chi connectivity index (χ1v) is 8.62. The van der Waals surface area contributed by atoms with Crippen LogP contribution in [-0.4, -0.2) is 46.4 Å². The number of hydrogen-bond donors (Lipinski definition) is 2. The zero-order valence-electron chi connectivity index (χ0n) is 14.5. The Morgan fingerprint density at radius 3 is 2.52 bits per heavy atom. The van der Waals surface area contributed by atoms with Crippen LogP contribution in [0.3, 0.4) is 0 Å². The Morgan fingerprint density at radius 2 is 1.96 bits per heavy atom. The van der Waals surface area contributed by atoms with Crippen molar-refractivity contribution in [3.05, 3.63) is 0 Å². The van der Waals surface area contributed by atoms with Crippen molar-refractivity contribution in [1.29, 1.82) is 0 Å². The van der Waals surface area contributed by atoms with Crippen LogP contribution in [0.1, 0.15) is 65.7 Å². The van der Waals surface area contributed by atoms with E-state index in [0.717, 1.165) is 25.8 Å². The van der Waals surface area contributed by atoms with E-state index < -0.39 is 5.97 Å². The average molecular weight is 326 g/mol. The van der Waals surface area contributed by atoms with E-state index in [-0.39, 0.29) is 24.3 Å². The van der Waals surface area contributed by atoms with Crippen molar-refractivity contribution in [3.63, 3.8) is 0 Å². The lowest BCUT2D eigenvalue weighted by molar-refractivity contribution is -0.137. The summed E-state index contributed by atoms with van der Waals surface area (Å²) in [5.41, 5.74) is 0. The van der Waals surface area contributed by atoms with Gasteiger partial charge < -0.3 is 15.3 Å². The van der Waals surface area contributed by atoms with Crippen LogP contribution in [-0.2, 0) is 14.4 Å². The van der Waals surface area contributed by atoms with Gasteiger partial charge >= 0.3 is 5.97 Å². The second-order valence-corrected chi connectivity index (χ2v) is 6.72. The SMILES string of the molecule is CC(CCC(=O)O)NC(=O)CCCCCN1C(=O)CC(C)C1C. The Bertz CT molecular complexity index is 425. The number of carboxylic acids is 1. The number of carbonyl (C=O) groups excluding carboxylic acids is 2. The van der Waals surface area contributed by atoms with E-state index in [1.54, 1.807) is 0 Å². The van der Waals surface area contributed by atoms with Gasteiger partial charge in [0.05, 0.1) is 0 Å². The van der Waals surface area contributed by atoms with Gasteiger partial charge in [0.25, 0.3) is 0 Å². The number of carboxylic acid groups (broad SMARTS) is 1. The first-order chi connectivity index (χ1) is 10.8. The number of hydrogen-bond acceptors (Lipinski definition) is 3. The molecule has 1 fully saturated rings. The van der Waals surface area contributed by atoms with Crippen LogP contribution in [0.5, 0.6) is 0 Å². The number of likely N-dealkylation sites (tertiary alicyclic amines) is 1. The topological polar surface area (TPSA) is 86.7 Å². The molecule has 0 aromatic carbocycles. The molecule has 0 radical (unpaired) electrons. The van der Waals surface area contributed by atoms with Crippen molar-refractivity contribution in [2.75, 3.05) is 6.54 Å². The van der Waals surface area contributed by atoms with Crippen molar-refractivity contribution >= 4 is 17.8 Å². The summed E-state index contributed by atoms with van der Waals surface area (Å²) >= 11 is 0. The van der Waals surface area contributed by atoms with E-state index >= 15 is 0 Å². The molecular formula is C17H30N2O4. The highest BCUT2D eigenvalue weighted by molar-refractivity contribution is 5.79. The van der Waals surface area contributed by atoms with Gasteiger partial charge in [-0.3, -0.25) is 14.4 Å². The van der Waals surface area contributed by atoms with Crippen molar-refractivity contribution < 1.29 is 19.5 Å². The summed E-state index contributed by atoms with van der Waals surface area (Å²) in [6, 6.07) is 0.212. The molecule has 1 heterocycles. The fourth-order valence-corrected chi connectivity index (χ4v) is 2.93. The fraction of sp³-hybridized carbons (Fsp3) is 0.824. The molecule has 0 bridgehead atoms. The largest absolute Gasteiger partial charge is 0.481 e. The summed E-state index contributed by atoms with van der Waals surface area (Å²) in [4.78, 5) is 36.0. The molecule has 3 atom stereocenters. The monoisotopic (exact) mass is 326 g/mol. The summed E-state index contributed by atoms with van der Waals surface area (Å²) in [6.45, 7) is 6.81. The number of nitrogens with zero attached hydrogens (tertiary/aromatic N) is 1. The molecular weight excluding hydrogens is 296 g/mol. The van der Waals surface area contributed by atoms with Gasteiger partial charge in [-0.15, -0.1) is 0 Å². The molecule has 1 aliphatic heterocycles. The second kappa shape index (κ2) is 9.53. The van der Waals surface area contributed by atoms with Crippen LogP contribution in [0, 0.1) is 5.92 Å². The Hall–Kier alpha value is -1.59. The van der Waals surface area contributed by atoms with Gasteiger partial charge in [0.2, 0.25) is 11.8 Å². The molecule has 3 unspecified atom stereocenters. The molecule has 132 valence electrons. The number of unbranched alkanes of at least 4 members (excludes halogenated alkanes) is 2. The lowest BCUT2D eigenvalue weighted by Gasteiger charge is -2.23. The molecule has 1 saturated heterocycles. The van der Waals surface area contributed by atoms with Crippen molar-refractivity contribution in [2.45, 2.75) is 77.8 Å². The quantitative estimate of drug-likeness (QED) is 0.602. The first kappa shape index (κ1) is 19.5. The highest BCUT2D eigenvalue weighted by Gasteiger charge is 2.32. The molecule has 1 aliphatic rings. The lowest BCUT2D eigenvalue weighted by atomic mass is 10.1. The summed E-state index contributed by atoms with van der Waals surface area (Å²) < 4.78 is 0. The number of rotatable bonds is 10. The number of amides is 2. The Morgan fingerprint density at radius 1 is 1.26 bits per heavy atom. The van der Waals surface area contributed by atoms with Gasteiger partial charge in [0.15, 0.2) is 0 Å². The molecule has 0 spiro atoms. The van der Waals surface area contributed by atoms with Crippen LogP contribution >= 0.6 is 0 Å². The van der Waals surface area contributed by atoms with Crippen molar-refractivity contribution in [2.24, 2.45) is 5.92 Å². The zero-order valence-corrected chi connectivity index (χ0v) is 14.5. The van der Waals surface area contributed by atoms with Crippen LogP contribution < -0.4 is 5.32 Å². The normalized spacial score (nSPS) is 22.2. The Labute approximate surface area is 138 Å². The molecule has 2 N–H and O–H groups in total. The Balaban J connectivity index is 2.09. The number of aliphatic carboxylic acids is 1. The summed E-state index contributed by atoms with van der Waals surface area (Å²) in [7, 11) is 0. The van der Waals surface area contributed by atoms with E-state index in [2.05, 4.69) is 19.2 Å². The van der Waals surface area contributed by atoms with Gasteiger partial charge in [-0.05, 0) is 39.0 Å². The maximum Gasteiger partial charge on any atom is 0.303 e. The van der Waals surface area contributed by atoms with Gasteiger partial charge in [-0.2, -0.15) is 0 Å². The summed E-state index contributed by atoms with van der Waals surface area (Å²) in [5.74, 6) is -0.191. The highest BCUT2D eigenvalue weighted by atomic mass is 16.4. The van der Waals surface area contributed by atoms with E-state index in [1.165, 1.54) is 0 Å². The van der Waals surface area contributed by atoms with Gasteiger partial charge in [-0.25, -0.2) is 0 Å². The lowest BCUT2D eigenvalue weighted by Crippen LogP contribution is -2.33. The highest BCUT2D eigenvalue weighted by Crippen LogP contribution is 2.24. The maximum absolute atomic E-state index is 11.8. The fourth-order valence-electron chi connectivity index (χ4n) is 2.93. The Kier molecular flexibility index (Phi) is 8.06. The molecule has 6 nitrogen and oxygen atoms in total. The molecule has 0 saturated carbocycles. The molecule has 2 amide bonds. The third kappa shape index (κ3) is 7.01. The van der Waals surface area contributed by atoms with E-state index in [0.29, 0.717) is 31.2 Å². The van der Waals surface area contributed by atoms with Gasteiger partial charge in [0.1, 0.15) is 0 Å². The molecule has 0 aliphatic carbocycles. The van der Waals surface area contributed by atoms with Crippen LogP contribution in [0.4, 0.5) is 0 Å². The molecule has 0 aromatic heterocycles. The van der Waals surface area contributed by atoms with Gasteiger partial charge in [-0.1, -0.05) is 13.3 Å². The average Bonchev–Trinajstić information content (AvgIpc) is 2.70. The van der Waals surface area contributed by atoms with Crippen LogP contribution in [0.2, 0.25) is 0 Å². The first-order valence-electron chi connectivity index (χ1n) is 8.62. The van der Waals surface area contributed by atoms with Crippen molar-refractivity contribution in [1.82, 2.24) is 10.2 Å². The third-order valence-corrected chi connectivity index (χ3v) is 4.63. The molecule has 23 heavy (non-hydrogen) atoms. The van der Waals surface area contributed by atoms with Crippen LogP contribution in [0.15, 0.2) is 0 Å². The summed E-state index contributed by atoms with van der Waals surface area (Å²) in [5, 5.41) is 11.4. The zero-order chi connectivity index (χ0) is 17.4. The smallest absolute Gasteiger partial charge is 0.303 e. The number of carbonyl (C=O) groups is 3. The minimum Gasteiger partial charge on any atom is -0.481 e. The van der Waals surface area contributed by atoms with E-state index in [1.807, 2.05) is 11.8 Å². The predicted molar refractivity (Wildman–Crippen MR) is 87.9 cm³/mol. The van der Waals surface area contributed by atoms with Crippen LogP contribution in [0.25, 0.3) is 0 Å². The second-order valence-electron chi connectivity index (χ2n) is 6.72.